The maximum atomic E-state index is 12.7. The number of halogens is 3. The standard InChI is InChI=1S/C23H30F3N5O2/c1-12(2)31-19(21-16-7-14(8-17(16)21)30-5-4-15(11-30)32-3)9-18(29-31)13-6-20(22(27)28-10-13)33-23(24,25)26/h6,9-10,12,14-17,21H,4-5,7-8,11H2,1-3H3,(H2,27,28)/t14?,15-,16-,17+,21?/m1/s1. The molecule has 0 radical (unpaired) electrons. The van der Waals surface area contributed by atoms with Crippen molar-refractivity contribution in [1.29, 1.82) is 0 Å². The van der Waals surface area contributed by atoms with Crippen LogP contribution in [-0.4, -0.2) is 58.4 Å². The Labute approximate surface area is 191 Å². The van der Waals surface area contributed by atoms with E-state index in [-0.39, 0.29) is 11.9 Å². The molecular formula is C23H30F3N5O2. The molecule has 2 N–H and O–H groups in total. The molecule has 0 spiro atoms. The second-order valence-electron chi connectivity index (χ2n) is 9.77. The van der Waals surface area contributed by atoms with Gasteiger partial charge in [-0.1, -0.05) is 0 Å². The van der Waals surface area contributed by atoms with Gasteiger partial charge in [-0.3, -0.25) is 9.58 Å². The van der Waals surface area contributed by atoms with Crippen molar-refractivity contribution in [3.63, 3.8) is 0 Å². The number of pyridine rings is 1. The minimum absolute atomic E-state index is 0.138. The quantitative estimate of drug-likeness (QED) is 0.688. The van der Waals surface area contributed by atoms with Crippen LogP contribution in [-0.2, 0) is 4.74 Å². The molecule has 5 rings (SSSR count). The smallest absolute Gasteiger partial charge is 0.402 e. The summed E-state index contributed by atoms with van der Waals surface area (Å²) in [4.78, 5) is 6.47. The Morgan fingerprint density at radius 2 is 1.91 bits per heavy atom. The molecule has 2 aromatic rings. The van der Waals surface area contributed by atoms with Gasteiger partial charge in [0.1, 0.15) is 0 Å². The Morgan fingerprint density at radius 1 is 1.18 bits per heavy atom. The minimum Gasteiger partial charge on any atom is -0.402 e. The fraction of sp³-hybridized carbons (Fsp3) is 0.652. The van der Waals surface area contributed by atoms with Crippen LogP contribution in [0.4, 0.5) is 19.0 Å². The number of hydrogen-bond donors (Lipinski definition) is 1. The Balaban J connectivity index is 1.34. The molecule has 2 aromatic heterocycles. The van der Waals surface area contributed by atoms with E-state index in [9.17, 15) is 13.2 Å². The molecule has 0 aromatic carbocycles. The fourth-order valence-electron chi connectivity index (χ4n) is 5.84. The molecule has 3 fully saturated rings. The summed E-state index contributed by atoms with van der Waals surface area (Å²) in [6.45, 7) is 6.26. The number of anilines is 1. The maximum Gasteiger partial charge on any atom is 0.573 e. The lowest BCUT2D eigenvalue weighted by Gasteiger charge is -2.26. The summed E-state index contributed by atoms with van der Waals surface area (Å²) >= 11 is 0. The number of hydrogen-bond acceptors (Lipinski definition) is 6. The van der Waals surface area contributed by atoms with Gasteiger partial charge in [0.15, 0.2) is 11.6 Å². The van der Waals surface area contributed by atoms with Crippen molar-refractivity contribution in [3.05, 3.63) is 24.0 Å². The number of alkyl halides is 3. The SMILES string of the molecule is CO[C@@H]1CCN(C2C[C@@H]3C(c4cc(-c5cnc(N)c(OC(F)(F)F)c5)nn4C(C)C)[C@@H]3C2)C1. The van der Waals surface area contributed by atoms with Crippen LogP contribution in [0.25, 0.3) is 11.3 Å². The van der Waals surface area contributed by atoms with E-state index in [1.165, 1.54) is 25.1 Å². The van der Waals surface area contributed by atoms with E-state index in [4.69, 9.17) is 15.6 Å². The Bertz CT molecular complexity index is 1010. The lowest BCUT2D eigenvalue weighted by molar-refractivity contribution is -0.274. The molecular weight excluding hydrogens is 435 g/mol. The van der Waals surface area contributed by atoms with E-state index in [1.54, 1.807) is 7.11 Å². The average molecular weight is 466 g/mol. The summed E-state index contributed by atoms with van der Waals surface area (Å²) < 4.78 is 49.7. The molecule has 2 unspecified atom stereocenters. The fourth-order valence-corrected chi connectivity index (χ4v) is 5.84. The van der Waals surface area contributed by atoms with Crippen LogP contribution >= 0.6 is 0 Å². The van der Waals surface area contributed by atoms with Gasteiger partial charge in [0.25, 0.3) is 0 Å². The van der Waals surface area contributed by atoms with E-state index < -0.39 is 12.1 Å². The molecule has 0 amide bonds. The Kier molecular flexibility index (Phi) is 5.55. The molecule has 180 valence electrons. The van der Waals surface area contributed by atoms with E-state index in [0.29, 0.717) is 41.2 Å². The van der Waals surface area contributed by atoms with Crippen molar-refractivity contribution >= 4 is 5.82 Å². The third kappa shape index (κ3) is 4.30. The maximum absolute atomic E-state index is 12.7. The molecule has 2 saturated carbocycles. The number of nitrogens with zero attached hydrogens (tertiary/aromatic N) is 4. The third-order valence-corrected chi connectivity index (χ3v) is 7.44. The number of fused-ring (bicyclic) bond motifs is 1. The van der Waals surface area contributed by atoms with Crippen molar-refractivity contribution in [2.45, 2.75) is 63.6 Å². The molecule has 3 heterocycles. The molecule has 10 heteroatoms. The van der Waals surface area contributed by atoms with Gasteiger partial charge >= 0.3 is 6.36 Å². The highest BCUT2D eigenvalue weighted by molar-refractivity contribution is 5.64. The highest BCUT2D eigenvalue weighted by Gasteiger charge is 2.59. The number of aromatic nitrogens is 3. The average Bonchev–Trinajstić information content (AvgIpc) is 3.23. The van der Waals surface area contributed by atoms with Gasteiger partial charge < -0.3 is 15.2 Å². The van der Waals surface area contributed by atoms with Crippen molar-refractivity contribution < 1.29 is 22.6 Å². The van der Waals surface area contributed by atoms with Crippen LogP contribution in [0, 0.1) is 11.8 Å². The monoisotopic (exact) mass is 465 g/mol. The first-order chi connectivity index (χ1) is 15.6. The number of ether oxygens (including phenoxy) is 2. The van der Waals surface area contributed by atoms with Gasteiger partial charge in [0.05, 0.1) is 11.8 Å². The molecule has 1 aliphatic heterocycles. The number of nitrogen functional groups attached to an aromatic ring is 1. The number of likely N-dealkylation sites (tertiary alicyclic amines) is 1. The van der Waals surface area contributed by atoms with Crippen molar-refractivity contribution in [2.24, 2.45) is 11.8 Å². The van der Waals surface area contributed by atoms with E-state index in [1.807, 2.05) is 10.7 Å². The third-order valence-electron chi connectivity index (χ3n) is 7.44. The zero-order valence-electron chi connectivity index (χ0n) is 19.0. The minimum atomic E-state index is -4.84. The van der Waals surface area contributed by atoms with E-state index >= 15 is 0 Å². The molecule has 33 heavy (non-hydrogen) atoms. The van der Waals surface area contributed by atoms with Gasteiger partial charge in [-0.25, -0.2) is 4.98 Å². The van der Waals surface area contributed by atoms with Crippen molar-refractivity contribution in [3.8, 4) is 17.0 Å². The predicted octanol–water partition coefficient (Wildman–Crippen LogP) is 4.22. The molecule has 1 saturated heterocycles. The zero-order valence-corrected chi connectivity index (χ0v) is 19.0. The van der Waals surface area contributed by atoms with Crippen LogP contribution in [0.1, 0.15) is 50.8 Å². The molecule has 2 aliphatic carbocycles. The highest BCUT2D eigenvalue weighted by Crippen LogP contribution is 2.64. The summed E-state index contributed by atoms with van der Waals surface area (Å²) in [5.41, 5.74) is 7.78. The predicted molar refractivity (Wildman–Crippen MR) is 117 cm³/mol. The second kappa shape index (κ2) is 8.16. The molecule has 5 atom stereocenters. The Hall–Kier alpha value is -2.33. The summed E-state index contributed by atoms with van der Waals surface area (Å²) in [5, 5.41) is 4.73. The molecule has 3 aliphatic rings. The van der Waals surface area contributed by atoms with Gasteiger partial charge in [-0.15, -0.1) is 13.2 Å². The summed E-state index contributed by atoms with van der Waals surface area (Å²) in [6, 6.07) is 4.02. The van der Waals surface area contributed by atoms with Gasteiger partial charge in [-0.05, 0) is 57.1 Å². The second-order valence-corrected chi connectivity index (χ2v) is 9.77. The zero-order chi connectivity index (χ0) is 23.5. The highest BCUT2D eigenvalue weighted by atomic mass is 19.4. The molecule has 0 bridgehead atoms. The van der Waals surface area contributed by atoms with Crippen LogP contribution in [0.15, 0.2) is 18.3 Å². The summed E-state index contributed by atoms with van der Waals surface area (Å²) in [7, 11) is 1.79. The van der Waals surface area contributed by atoms with Gasteiger partial charge in [-0.2, -0.15) is 5.10 Å². The van der Waals surface area contributed by atoms with Crippen LogP contribution in [0.2, 0.25) is 0 Å². The van der Waals surface area contributed by atoms with Crippen molar-refractivity contribution in [2.75, 3.05) is 25.9 Å². The number of nitrogens with two attached hydrogens (primary N) is 1. The molecule has 7 nitrogen and oxygen atoms in total. The summed E-state index contributed by atoms with van der Waals surface area (Å²) in [5.74, 6) is 0.893. The first kappa shape index (κ1) is 22.5. The Morgan fingerprint density at radius 3 is 2.52 bits per heavy atom. The van der Waals surface area contributed by atoms with Gasteiger partial charge in [0.2, 0.25) is 0 Å². The summed E-state index contributed by atoms with van der Waals surface area (Å²) in [6.07, 6.45) is 0.415. The van der Waals surface area contributed by atoms with Crippen LogP contribution in [0.5, 0.6) is 5.75 Å². The van der Waals surface area contributed by atoms with Crippen LogP contribution in [0.3, 0.4) is 0 Å². The van der Waals surface area contributed by atoms with Crippen LogP contribution < -0.4 is 10.5 Å². The largest absolute Gasteiger partial charge is 0.573 e. The normalized spacial score (nSPS) is 29.6. The van der Waals surface area contributed by atoms with Crippen molar-refractivity contribution in [1.82, 2.24) is 19.7 Å². The van der Waals surface area contributed by atoms with E-state index in [2.05, 4.69) is 28.5 Å². The number of methoxy groups -OCH3 is 1. The first-order valence-corrected chi connectivity index (χ1v) is 11.5. The number of rotatable bonds is 6. The lowest BCUT2D eigenvalue weighted by Crippen LogP contribution is -2.33. The first-order valence-electron chi connectivity index (χ1n) is 11.5. The van der Waals surface area contributed by atoms with E-state index in [0.717, 1.165) is 25.2 Å². The topological polar surface area (TPSA) is 78.4 Å². The van der Waals surface area contributed by atoms with Gasteiger partial charge in [0, 0.05) is 55.7 Å². The lowest BCUT2D eigenvalue weighted by atomic mass is 10.0.